The van der Waals surface area contributed by atoms with Gasteiger partial charge < -0.3 is 15.3 Å². The average Bonchev–Trinajstić information content (AvgIpc) is 2.94. The summed E-state index contributed by atoms with van der Waals surface area (Å²) in [6.07, 6.45) is 4.30. The van der Waals surface area contributed by atoms with Crippen molar-refractivity contribution in [2.45, 2.75) is 37.3 Å². The van der Waals surface area contributed by atoms with E-state index in [-0.39, 0.29) is 24.5 Å². The third-order valence-electron chi connectivity index (χ3n) is 6.01. The molecule has 0 radical (unpaired) electrons. The number of fused-ring (bicyclic) bond motifs is 5. The largest absolute Gasteiger partial charge is 0.396 e. The Bertz CT molecular complexity index is 630. The van der Waals surface area contributed by atoms with Gasteiger partial charge in [0.25, 0.3) is 0 Å². The number of aliphatic hydroxyl groups is 1. The number of carbonyl (C=O) groups excluding carboxylic acids is 1. The van der Waals surface area contributed by atoms with E-state index in [0.717, 1.165) is 19.4 Å². The molecule has 4 heteroatoms. The van der Waals surface area contributed by atoms with Crippen LogP contribution in [0.4, 0.5) is 5.69 Å². The molecule has 0 aliphatic carbocycles. The van der Waals surface area contributed by atoms with Crippen molar-refractivity contribution in [3.8, 4) is 0 Å². The summed E-state index contributed by atoms with van der Waals surface area (Å²) < 4.78 is 0. The Kier molecular flexibility index (Phi) is 3.64. The molecule has 2 fully saturated rings. The van der Waals surface area contributed by atoms with Gasteiger partial charge in [-0.2, -0.15) is 0 Å². The molecule has 2 N–H and O–H groups in total. The molecule has 5 atom stereocenters. The standard InChI is InChI=1S/C19H24N2O2/c1-2-12-11-21-17(9-13(12)7-8-22)19-15(10-18(21)23)14-5-3-4-6-16(14)20-19/h2-6,12-13,15,17,19-20,22H,1,7-11H2/t12-,13-,15-,17-,19+/m1/s1. The topological polar surface area (TPSA) is 52.6 Å². The van der Waals surface area contributed by atoms with E-state index < -0.39 is 0 Å². The Morgan fingerprint density at radius 3 is 3.00 bits per heavy atom. The normalized spacial score (nSPS) is 35.1. The lowest BCUT2D eigenvalue weighted by Crippen LogP contribution is -2.60. The van der Waals surface area contributed by atoms with Gasteiger partial charge in [-0.15, -0.1) is 6.58 Å². The molecule has 0 spiro atoms. The molecule has 1 aromatic carbocycles. The number of carbonyl (C=O) groups is 1. The van der Waals surface area contributed by atoms with Gasteiger partial charge in [-0.3, -0.25) is 4.79 Å². The van der Waals surface area contributed by atoms with E-state index in [0.29, 0.717) is 24.3 Å². The molecular weight excluding hydrogens is 288 g/mol. The number of benzene rings is 1. The molecule has 0 saturated carbocycles. The van der Waals surface area contributed by atoms with Gasteiger partial charge in [0.2, 0.25) is 5.91 Å². The Morgan fingerprint density at radius 2 is 2.22 bits per heavy atom. The highest BCUT2D eigenvalue weighted by Gasteiger charge is 2.49. The van der Waals surface area contributed by atoms with Crippen LogP contribution in [-0.4, -0.2) is 41.1 Å². The van der Waals surface area contributed by atoms with E-state index >= 15 is 0 Å². The summed E-state index contributed by atoms with van der Waals surface area (Å²) in [4.78, 5) is 14.8. The summed E-state index contributed by atoms with van der Waals surface area (Å²) in [5.74, 6) is 1.26. The van der Waals surface area contributed by atoms with Crippen molar-refractivity contribution in [3.05, 3.63) is 42.5 Å². The van der Waals surface area contributed by atoms with E-state index in [1.807, 2.05) is 12.1 Å². The number of nitrogens with one attached hydrogen (secondary N) is 1. The quantitative estimate of drug-likeness (QED) is 0.843. The maximum Gasteiger partial charge on any atom is 0.223 e. The van der Waals surface area contributed by atoms with Crippen molar-refractivity contribution in [3.63, 3.8) is 0 Å². The molecular formula is C19H24N2O2. The van der Waals surface area contributed by atoms with Crippen LogP contribution in [0.2, 0.25) is 0 Å². The molecule has 122 valence electrons. The lowest BCUT2D eigenvalue weighted by atomic mass is 9.73. The maximum absolute atomic E-state index is 12.7. The van der Waals surface area contributed by atoms with Crippen molar-refractivity contribution in [1.82, 2.24) is 4.90 Å². The molecule has 4 nitrogen and oxygen atoms in total. The fourth-order valence-corrected chi connectivity index (χ4v) is 4.85. The summed E-state index contributed by atoms with van der Waals surface area (Å²) >= 11 is 0. The number of hydrogen-bond acceptors (Lipinski definition) is 3. The van der Waals surface area contributed by atoms with E-state index in [9.17, 15) is 9.90 Å². The minimum absolute atomic E-state index is 0.206. The van der Waals surface area contributed by atoms with E-state index in [2.05, 4.69) is 35.0 Å². The van der Waals surface area contributed by atoms with Gasteiger partial charge in [0.1, 0.15) is 0 Å². The van der Waals surface area contributed by atoms with Crippen molar-refractivity contribution in [2.24, 2.45) is 11.8 Å². The van der Waals surface area contributed by atoms with Gasteiger partial charge in [-0.25, -0.2) is 0 Å². The summed E-state index contributed by atoms with van der Waals surface area (Å²) in [5, 5.41) is 13.0. The van der Waals surface area contributed by atoms with Gasteiger partial charge in [-0.05, 0) is 36.3 Å². The van der Waals surface area contributed by atoms with E-state index in [1.165, 1.54) is 11.3 Å². The summed E-state index contributed by atoms with van der Waals surface area (Å²) in [7, 11) is 0. The molecule has 3 aliphatic rings. The number of aliphatic hydroxyl groups excluding tert-OH is 1. The number of anilines is 1. The number of hydrogen-bond donors (Lipinski definition) is 2. The molecule has 0 unspecified atom stereocenters. The maximum atomic E-state index is 12.7. The second kappa shape index (κ2) is 5.68. The Hall–Kier alpha value is -1.81. The van der Waals surface area contributed by atoms with Crippen LogP contribution < -0.4 is 5.32 Å². The van der Waals surface area contributed by atoms with Crippen molar-refractivity contribution in [2.75, 3.05) is 18.5 Å². The average molecular weight is 312 g/mol. The first kappa shape index (κ1) is 14.8. The number of piperidine rings is 2. The smallest absolute Gasteiger partial charge is 0.223 e. The van der Waals surface area contributed by atoms with Gasteiger partial charge >= 0.3 is 0 Å². The molecule has 1 aromatic rings. The lowest BCUT2D eigenvalue weighted by molar-refractivity contribution is -0.141. The lowest BCUT2D eigenvalue weighted by Gasteiger charge is -2.50. The zero-order chi connectivity index (χ0) is 16.0. The Balaban J connectivity index is 1.64. The third kappa shape index (κ3) is 2.27. The van der Waals surface area contributed by atoms with Crippen LogP contribution in [0.1, 0.15) is 30.7 Å². The minimum atomic E-state index is 0.206. The highest BCUT2D eigenvalue weighted by atomic mass is 16.3. The monoisotopic (exact) mass is 312 g/mol. The van der Waals surface area contributed by atoms with Crippen LogP contribution in [0, 0.1) is 11.8 Å². The zero-order valence-electron chi connectivity index (χ0n) is 13.3. The number of nitrogens with zero attached hydrogens (tertiary/aromatic N) is 1. The van der Waals surface area contributed by atoms with Crippen LogP contribution in [0.5, 0.6) is 0 Å². The fourth-order valence-electron chi connectivity index (χ4n) is 4.85. The first-order chi connectivity index (χ1) is 11.2. The number of amides is 1. The van der Waals surface area contributed by atoms with Gasteiger partial charge in [0, 0.05) is 31.2 Å². The summed E-state index contributed by atoms with van der Waals surface area (Å²) in [5.41, 5.74) is 2.47. The van der Waals surface area contributed by atoms with Crippen molar-refractivity contribution in [1.29, 1.82) is 0 Å². The molecule has 3 aliphatic heterocycles. The van der Waals surface area contributed by atoms with Gasteiger partial charge in [0.15, 0.2) is 0 Å². The van der Waals surface area contributed by atoms with Crippen LogP contribution in [0.25, 0.3) is 0 Å². The Labute approximate surface area is 137 Å². The first-order valence-electron chi connectivity index (χ1n) is 8.61. The molecule has 0 bridgehead atoms. The predicted octanol–water partition coefficient (Wildman–Crippen LogP) is 2.37. The molecule has 4 rings (SSSR count). The highest BCUT2D eigenvalue weighted by Crippen LogP contribution is 2.47. The Morgan fingerprint density at radius 1 is 1.39 bits per heavy atom. The molecule has 23 heavy (non-hydrogen) atoms. The molecule has 0 aromatic heterocycles. The van der Waals surface area contributed by atoms with E-state index in [1.54, 1.807) is 0 Å². The van der Waals surface area contributed by atoms with Crippen molar-refractivity contribution < 1.29 is 9.90 Å². The highest BCUT2D eigenvalue weighted by molar-refractivity contribution is 5.81. The summed E-state index contributed by atoms with van der Waals surface area (Å²) in [6.45, 7) is 4.90. The van der Waals surface area contributed by atoms with E-state index in [4.69, 9.17) is 0 Å². The van der Waals surface area contributed by atoms with Crippen LogP contribution >= 0.6 is 0 Å². The number of para-hydroxylation sites is 1. The van der Waals surface area contributed by atoms with Crippen LogP contribution in [0.15, 0.2) is 36.9 Å². The number of rotatable bonds is 3. The second-order valence-corrected chi connectivity index (χ2v) is 7.09. The fraction of sp³-hybridized carbons (Fsp3) is 0.526. The van der Waals surface area contributed by atoms with Gasteiger partial charge in [-0.1, -0.05) is 24.3 Å². The first-order valence-corrected chi connectivity index (χ1v) is 8.61. The minimum Gasteiger partial charge on any atom is -0.396 e. The van der Waals surface area contributed by atoms with Gasteiger partial charge in [0.05, 0.1) is 12.1 Å². The molecule has 1 amide bonds. The molecule has 3 heterocycles. The summed E-state index contributed by atoms with van der Waals surface area (Å²) in [6, 6.07) is 8.90. The SMILES string of the molecule is C=C[C@@H]1CN2C(=O)C[C@@H]3c4ccccc4N[C@@H]3[C@H]2C[C@H]1CCO. The second-order valence-electron chi connectivity index (χ2n) is 7.09. The van der Waals surface area contributed by atoms with Crippen molar-refractivity contribution >= 4 is 11.6 Å². The van der Waals surface area contributed by atoms with Crippen LogP contribution in [0.3, 0.4) is 0 Å². The third-order valence-corrected chi connectivity index (χ3v) is 6.01. The molecule has 2 saturated heterocycles. The predicted molar refractivity (Wildman–Crippen MR) is 90.2 cm³/mol. The van der Waals surface area contributed by atoms with Crippen LogP contribution in [-0.2, 0) is 4.79 Å². The zero-order valence-corrected chi connectivity index (χ0v) is 13.3.